The highest BCUT2D eigenvalue weighted by atomic mass is 14.9. The van der Waals surface area contributed by atoms with Crippen LogP contribution in [-0.4, -0.2) is 22.9 Å². The molecule has 3 N–H and O–H groups in total. The van der Waals surface area contributed by atoms with E-state index in [9.17, 15) is 0 Å². The van der Waals surface area contributed by atoms with Crippen LogP contribution in [0, 0.1) is 0 Å². The lowest BCUT2D eigenvalue weighted by molar-refractivity contribution is -0.446. The number of imidazole rings is 1. The van der Waals surface area contributed by atoms with Crippen molar-refractivity contribution in [3.05, 3.63) is 36.8 Å². The molecular formula is C12H15N4+. The standard InChI is InChI=1S/C12H14N4/c1-2-13-8-15-11-5-3-10(4-6-11)12-7-14-9-16-12/h3-9H,2H2,1H3,(H,13,15)(H,14,16)/p+1. The normalized spacial score (nSPS) is 10.8. The molecule has 0 amide bonds. The predicted octanol–water partition coefficient (Wildman–Crippen LogP) is 0.617. The fraction of sp³-hybridized carbons (Fsp3) is 0.167. The first kappa shape index (κ1) is 10.4. The van der Waals surface area contributed by atoms with E-state index in [-0.39, 0.29) is 0 Å². The molecule has 4 heteroatoms. The van der Waals surface area contributed by atoms with Crippen molar-refractivity contribution in [1.29, 1.82) is 0 Å². The van der Waals surface area contributed by atoms with Crippen LogP contribution in [0.2, 0.25) is 0 Å². The quantitative estimate of drug-likeness (QED) is 0.517. The van der Waals surface area contributed by atoms with E-state index < -0.39 is 0 Å². The van der Waals surface area contributed by atoms with Gasteiger partial charge < -0.3 is 4.98 Å². The largest absolute Gasteiger partial charge is 0.345 e. The first-order valence-electron chi connectivity index (χ1n) is 5.30. The van der Waals surface area contributed by atoms with Crippen LogP contribution in [0.5, 0.6) is 0 Å². The zero-order valence-electron chi connectivity index (χ0n) is 9.20. The van der Waals surface area contributed by atoms with E-state index in [2.05, 4.69) is 39.3 Å². The first-order valence-corrected chi connectivity index (χ1v) is 5.30. The molecule has 0 radical (unpaired) electrons. The lowest BCUT2D eigenvalue weighted by Gasteiger charge is -1.98. The molecule has 0 fully saturated rings. The molecule has 0 atom stereocenters. The average molecular weight is 215 g/mol. The van der Waals surface area contributed by atoms with Crippen LogP contribution in [0.25, 0.3) is 11.3 Å². The molecule has 0 spiro atoms. The van der Waals surface area contributed by atoms with Gasteiger partial charge in [0.15, 0.2) is 0 Å². The van der Waals surface area contributed by atoms with E-state index >= 15 is 0 Å². The van der Waals surface area contributed by atoms with Crippen molar-refractivity contribution in [2.45, 2.75) is 6.92 Å². The molecule has 0 bridgehead atoms. The Balaban J connectivity index is 2.08. The van der Waals surface area contributed by atoms with Crippen molar-refractivity contribution in [2.75, 3.05) is 11.9 Å². The first-order chi connectivity index (χ1) is 7.90. The summed E-state index contributed by atoms with van der Waals surface area (Å²) in [5.41, 5.74) is 3.22. The van der Waals surface area contributed by atoms with Gasteiger partial charge in [-0.2, -0.15) is 0 Å². The van der Waals surface area contributed by atoms with Gasteiger partial charge in [-0.15, -0.1) is 0 Å². The molecule has 1 heterocycles. The monoisotopic (exact) mass is 215 g/mol. The fourth-order valence-corrected chi connectivity index (χ4v) is 1.40. The molecule has 1 aromatic heterocycles. The minimum Gasteiger partial charge on any atom is -0.345 e. The maximum atomic E-state index is 3.99. The summed E-state index contributed by atoms with van der Waals surface area (Å²) < 4.78 is 0. The van der Waals surface area contributed by atoms with E-state index in [1.54, 1.807) is 6.33 Å². The topological polar surface area (TPSA) is 54.7 Å². The van der Waals surface area contributed by atoms with Gasteiger partial charge in [-0.3, -0.25) is 4.99 Å². The molecule has 0 saturated heterocycles. The van der Waals surface area contributed by atoms with Gasteiger partial charge in [0.05, 0.1) is 24.8 Å². The second kappa shape index (κ2) is 5.11. The van der Waals surface area contributed by atoms with Gasteiger partial charge in [0.25, 0.3) is 0 Å². The van der Waals surface area contributed by atoms with Gasteiger partial charge in [-0.05, 0) is 36.8 Å². The van der Waals surface area contributed by atoms with Crippen LogP contribution in [0.1, 0.15) is 6.92 Å². The Labute approximate surface area is 94.5 Å². The number of hydrogen-bond donors (Lipinski definition) is 3. The lowest BCUT2D eigenvalue weighted by atomic mass is 10.1. The molecule has 0 aliphatic heterocycles. The summed E-state index contributed by atoms with van der Waals surface area (Å²) in [6.45, 7) is 2.97. The van der Waals surface area contributed by atoms with Crippen molar-refractivity contribution in [2.24, 2.45) is 0 Å². The molecule has 82 valence electrons. The number of benzene rings is 1. The number of aromatic nitrogens is 2. The Kier molecular flexibility index (Phi) is 3.33. The van der Waals surface area contributed by atoms with E-state index in [0.717, 1.165) is 23.5 Å². The van der Waals surface area contributed by atoms with E-state index in [1.807, 2.05) is 24.7 Å². The summed E-state index contributed by atoms with van der Waals surface area (Å²) in [4.78, 5) is 10.2. The molecule has 0 aliphatic carbocycles. The molecule has 2 aromatic rings. The van der Waals surface area contributed by atoms with Gasteiger partial charge in [0, 0.05) is 0 Å². The van der Waals surface area contributed by atoms with Crippen molar-refractivity contribution in [3.63, 3.8) is 0 Å². The van der Waals surface area contributed by atoms with Gasteiger partial charge in [-0.25, -0.2) is 10.3 Å². The Hall–Kier alpha value is -2.10. The van der Waals surface area contributed by atoms with Gasteiger partial charge >= 0.3 is 0 Å². The Morgan fingerprint density at radius 2 is 2.19 bits per heavy atom. The number of H-pyrrole nitrogens is 1. The molecule has 16 heavy (non-hydrogen) atoms. The molecule has 1 aromatic carbocycles. The molecule has 2 rings (SSSR count). The number of nitrogens with one attached hydrogen (secondary N) is 3. The third-order valence-corrected chi connectivity index (χ3v) is 2.24. The summed E-state index contributed by atoms with van der Waals surface area (Å²) >= 11 is 0. The summed E-state index contributed by atoms with van der Waals surface area (Å²) in [7, 11) is 0. The molecular weight excluding hydrogens is 200 g/mol. The molecule has 4 nitrogen and oxygen atoms in total. The van der Waals surface area contributed by atoms with Crippen molar-refractivity contribution < 1.29 is 4.99 Å². The maximum Gasteiger partial charge on any atom is 0.234 e. The van der Waals surface area contributed by atoms with E-state index in [4.69, 9.17) is 0 Å². The molecule has 0 unspecified atom stereocenters. The zero-order valence-corrected chi connectivity index (χ0v) is 9.20. The SMILES string of the molecule is CC[NH+]=CNc1ccc(-c2cnc[nH]2)cc1. The van der Waals surface area contributed by atoms with Crippen LogP contribution in [0.3, 0.4) is 0 Å². The highest BCUT2D eigenvalue weighted by molar-refractivity contribution is 5.73. The highest BCUT2D eigenvalue weighted by Gasteiger charge is 1.99. The number of rotatable bonds is 4. The third-order valence-electron chi connectivity index (χ3n) is 2.24. The van der Waals surface area contributed by atoms with Crippen molar-refractivity contribution >= 4 is 12.0 Å². The minimum absolute atomic E-state index is 0.916. The number of hydrogen-bond acceptors (Lipinski definition) is 1. The van der Waals surface area contributed by atoms with Crippen LogP contribution in [-0.2, 0) is 0 Å². The predicted molar refractivity (Wildman–Crippen MR) is 65.2 cm³/mol. The highest BCUT2D eigenvalue weighted by Crippen LogP contribution is 2.18. The number of anilines is 1. The van der Waals surface area contributed by atoms with E-state index in [1.165, 1.54) is 0 Å². The minimum atomic E-state index is 0.916. The van der Waals surface area contributed by atoms with Gasteiger partial charge in [0.1, 0.15) is 5.69 Å². The second-order valence-corrected chi connectivity index (χ2v) is 3.39. The Bertz CT molecular complexity index is 442. The number of aromatic amines is 1. The summed E-state index contributed by atoms with van der Waals surface area (Å²) in [5, 5.41) is 3.16. The van der Waals surface area contributed by atoms with Crippen LogP contribution in [0.4, 0.5) is 5.69 Å². The zero-order chi connectivity index (χ0) is 11.2. The van der Waals surface area contributed by atoms with Crippen LogP contribution >= 0.6 is 0 Å². The summed E-state index contributed by atoms with van der Waals surface area (Å²) in [6.07, 6.45) is 5.33. The summed E-state index contributed by atoms with van der Waals surface area (Å²) in [5.74, 6) is 0. The Morgan fingerprint density at radius 3 is 2.81 bits per heavy atom. The Morgan fingerprint density at radius 1 is 1.38 bits per heavy atom. The van der Waals surface area contributed by atoms with Crippen LogP contribution in [0.15, 0.2) is 36.8 Å². The number of nitrogens with zero attached hydrogens (tertiary/aromatic N) is 1. The smallest absolute Gasteiger partial charge is 0.234 e. The van der Waals surface area contributed by atoms with Crippen molar-refractivity contribution in [3.8, 4) is 11.3 Å². The third kappa shape index (κ3) is 2.48. The van der Waals surface area contributed by atoms with Gasteiger partial charge in [-0.1, -0.05) is 0 Å². The van der Waals surface area contributed by atoms with Crippen LogP contribution < -0.4 is 10.3 Å². The maximum absolute atomic E-state index is 3.99. The van der Waals surface area contributed by atoms with Gasteiger partial charge in [0.2, 0.25) is 6.34 Å². The van der Waals surface area contributed by atoms with E-state index in [0.29, 0.717) is 0 Å². The molecule has 0 aliphatic rings. The molecule has 0 saturated carbocycles. The average Bonchev–Trinajstić information content (AvgIpc) is 2.84. The second-order valence-electron chi connectivity index (χ2n) is 3.39. The summed E-state index contributed by atoms with van der Waals surface area (Å²) in [6, 6.07) is 8.17. The van der Waals surface area contributed by atoms with Crippen molar-refractivity contribution in [1.82, 2.24) is 9.97 Å². The lowest BCUT2D eigenvalue weighted by Crippen LogP contribution is -2.69. The fourth-order valence-electron chi connectivity index (χ4n) is 1.40.